The zero-order valence-corrected chi connectivity index (χ0v) is 10.5. The average molecular weight is 243 g/mol. The summed E-state index contributed by atoms with van der Waals surface area (Å²) in [7, 11) is 0. The second-order valence-electron chi connectivity index (χ2n) is 4.70. The molecule has 2 aromatic rings. The van der Waals surface area contributed by atoms with Crippen molar-refractivity contribution in [1.29, 1.82) is 0 Å². The fourth-order valence-corrected chi connectivity index (χ4v) is 2.77. The van der Waals surface area contributed by atoms with Gasteiger partial charge < -0.3 is 0 Å². The van der Waals surface area contributed by atoms with E-state index in [1.54, 1.807) is 0 Å². The van der Waals surface area contributed by atoms with E-state index in [4.69, 9.17) is 11.6 Å². The minimum atomic E-state index is 0.806. The highest BCUT2D eigenvalue weighted by Gasteiger charge is 2.10. The Morgan fingerprint density at radius 1 is 0.765 bits per heavy atom. The van der Waals surface area contributed by atoms with Crippen LogP contribution in [0.15, 0.2) is 42.5 Å². The van der Waals surface area contributed by atoms with Gasteiger partial charge in [0.15, 0.2) is 0 Å². The topological polar surface area (TPSA) is 0 Å². The largest absolute Gasteiger partial charge is 0.0843 e. The molecule has 17 heavy (non-hydrogen) atoms. The summed E-state index contributed by atoms with van der Waals surface area (Å²) < 4.78 is 0. The first-order valence-corrected chi connectivity index (χ1v) is 6.58. The second kappa shape index (κ2) is 4.54. The maximum absolute atomic E-state index is 6.04. The summed E-state index contributed by atoms with van der Waals surface area (Å²) >= 11 is 6.04. The summed E-state index contributed by atoms with van der Waals surface area (Å²) in [6.07, 6.45) is 5.13. The molecule has 0 nitrogen and oxygen atoms in total. The average Bonchev–Trinajstić information content (AvgIpc) is 2.38. The van der Waals surface area contributed by atoms with E-state index in [1.807, 2.05) is 18.2 Å². The van der Waals surface area contributed by atoms with Crippen molar-refractivity contribution < 1.29 is 0 Å². The van der Waals surface area contributed by atoms with Crippen LogP contribution in [0.4, 0.5) is 0 Å². The van der Waals surface area contributed by atoms with Crippen LogP contribution in [0.5, 0.6) is 0 Å². The quantitative estimate of drug-likeness (QED) is 0.668. The Morgan fingerprint density at radius 2 is 1.53 bits per heavy atom. The lowest BCUT2D eigenvalue weighted by Crippen LogP contribution is -2.02. The van der Waals surface area contributed by atoms with Crippen LogP contribution >= 0.6 is 11.6 Å². The van der Waals surface area contributed by atoms with Crippen molar-refractivity contribution in [1.82, 2.24) is 0 Å². The van der Waals surface area contributed by atoms with E-state index >= 15 is 0 Å². The predicted molar refractivity (Wildman–Crippen MR) is 73.5 cm³/mol. The third-order valence-electron chi connectivity index (χ3n) is 3.51. The summed E-state index contributed by atoms with van der Waals surface area (Å²) in [5, 5.41) is 0.806. The molecule has 0 radical (unpaired) electrons. The van der Waals surface area contributed by atoms with Gasteiger partial charge in [0, 0.05) is 5.02 Å². The van der Waals surface area contributed by atoms with Gasteiger partial charge in [-0.05, 0) is 60.1 Å². The van der Waals surface area contributed by atoms with Gasteiger partial charge in [0.05, 0.1) is 0 Å². The van der Waals surface area contributed by atoms with Crippen LogP contribution in [-0.2, 0) is 12.8 Å². The first kappa shape index (κ1) is 10.9. The molecule has 1 heteroatoms. The molecule has 0 spiro atoms. The summed E-state index contributed by atoms with van der Waals surface area (Å²) in [6.45, 7) is 0. The maximum atomic E-state index is 6.04. The van der Waals surface area contributed by atoms with Gasteiger partial charge in [-0.2, -0.15) is 0 Å². The Labute approximate surface area is 107 Å². The zero-order valence-electron chi connectivity index (χ0n) is 9.75. The van der Waals surface area contributed by atoms with E-state index in [-0.39, 0.29) is 0 Å². The lowest BCUT2D eigenvalue weighted by atomic mass is 9.89. The van der Waals surface area contributed by atoms with E-state index in [9.17, 15) is 0 Å². The first-order valence-electron chi connectivity index (χ1n) is 6.21. The van der Waals surface area contributed by atoms with Gasteiger partial charge in [-0.15, -0.1) is 0 Å². The molecular formula is C16H15Cl. The molecule has 0 N–H and O–H groups in total. The van der Waals surface area contributed by atoms with Crippen molar-refractivity contribution >= 4 is 11.6 Å². The van der Waals surface area contributed by atoms with Gasteiger partial charge in [0.1, 0.15) is 0 Å². The molecule has 0 amide bonds. The summed E-state index contributed by atoms with van der Waals surface area (Å²) in [6, 6.07) is 14.9. The summed E-state index contributed by atoms with van der Waals surface area (Å²) in [4.78, 5) is 0. The van der Waals surface area contributed by atoms with Gasteiger partial charge in [0.2, 0.25) is 0 Å². The lowest BCUT2D eigenvalue weighted by Gasteiger charge is -2.16. The predicted octanol–water partition coefficient (Wildman–Crippen LogP) is 4.89. The highest BCUT2D eigenvalue weighted by molar-refractivity contribution is 6.30. The van der Waals surface area contributed by atoms with Crippen molar-refractivity contribution in [2.75, 3.05) is 0 Å². The molecule has 2 aromatic carbocycles. The number of hydrogen-bond acceptors (Lipinski definition) is 0. The van der Waals surface area contributed by atoms with Gasteiger partial charge in [0.25, 0.3) is 0 Å². The molecule has 1 aliphatic carbocycles. The molecular weight excluding hydrogens is 228 g/mol. The van der Waals surface area contributed by atoms with Crippen LogP contribution in [0.2, 0.25) is 5.02 Å². The van der Waals surface area contributed by atoms with Crippen LogP contribution in [-0.4, -0.2) is 0 Å². The monoisotopic (exact) mass is 242 g/mol. The number of aryl methyl sites for hydroxylation is 2. The van der Waals surface area contributed by atoms with E-state index in [2.05, 4.69) is 24.3 Å². The van der Waals surface area contributed by atoms with Gasteiger partial charge in [-0.25, -0.2) is 0 Å². The Bertz CT molecular complexity index is 543. The molecule has 0 fully saturated rings. The minimum Gasteiger partial charge on any atom is -0.0843 e. The number of rotatable bonds is 1. The molecule has 1 aliphatic rings. The van der Waals surface area contributed by atoms with E-state index in [0.29, 0.717) is 0 Å². The Morgan fingerprint density at radius 3 is 2.35 bits per heavy atom. The Balaban J connectivity index is 2.04. The molecule has 0 atom stereocenters. The van der Waals surface area contributed by atoms with Crippen LogP contribution in [0.25, 0.3) is 11.1 Å². The van der Waals surface area contributed by atoms with E-state index in [0.717, 1.165) is 5.02 Å². The SMILES string of the molecule is Clc1cccc(-c2ccc3c(c2)CCCC3)c1. The first-order chi connectivity index (χ1) is 8.33. The van der Waals surface area contributed by atoms with Crippen molar-refractivity contribution in [3.05, 3.63) is 58.6 Å². The van der Waals surface area contributed by atoms with Crippen molar-refractivity contribution in [2.45, 2.75) is 25.7 Å². The number of hydrogen-bond donors (Lipinski definition) is 0. The number of fused-ring (bicyclic) bond motifs is 1. The number of halogens is 1. The third kappa shape index (κ3) is 2.23. The van der Waals surface area contributed by atoms with Crippen molar-refractivity contribution in [3.63, 3.8) is 0 Å². The molecule has 0 heterocycles. The fraction of sp³-hybridized carbons (Fsp3) is 0.250. The molecule has 86 valence electrons. The lowest BCUT2D eigenvalue weighted by molar-refractivity contribution is 0.686. The summed E-state index contributed by atoms with van der Waals surface area (Å²) in [5.74, 6) is 0. The van der Waals surface area contributed by atoms with Crippen molar-refractivity contribution in [2.24, 2.45) is 0 Å². The highest BCUT2D eigenvalue weighted by atomic mass is 35.5. The fourth-order valence-electron chi connectivity index (χ4n) is 2.58. The van der Waals surface area contributed by atoms with E-state index < -0.39 is 0 Å². The van der Waals surface area contributed by atoms with Crippen LogP contribution < -0.4 is 0 Å². The Kier molecular flexibility index (Phi) is 2.90. The minimum absolute atomic E-state index is 0.806. The second-order valence-corrected chi connectivity index (χ2v) is 5.14. The molecule has 3 rings (SSSR count). The van der Waals surface area contributed by atoms with Gasteiger partial charge in [-0.3, -0.25) is 0 Å². The van der Waals surface area contributed by atoms with Gasteiger partial charge in [-0.1, -0.05) is 41.9 Å². The van der Waals surface area contributed by atoms with Crippen LogP contribution in [0.3, 0.4) is 0 Å². The van der Waals surface area contributed by atoms with Crippen LogP contribution in [0, 0.1) is 0 Å². The zero-order chi connectivity index (χ0) is 11.7. The smallest absolute Gasteiger partial charge is 0.0412 e. The summed E-state index contributed by atoms with van der Waals surface area (Å²) in [5.41, 5.74) is 5.55. The van der Waals surface area contributed by atoms with Crippen LogP contribution in [0.1, 0.15) is 24.0 Å². The molecule has 0 saturated carbocycles. The van der Waals surface area contributed by atoms with Crippen molar-refractivity contribution in [3.8, 4) is 11.1 Å². The molecule has 0 bridgehead atoms. The highest BCUT2D eigenvalue weighted by Crippen LogP contribution is 2.28. The molecule has 0 unspecified atom stereocenters. The molecule has 0 aliphatic heterocycles. The Hall–Kier alpha value is -1.27. The standard InChI is InChI=1S/C16H15Cl/c17-16-7-3-6-14(11-16)15-9-8-12-4-1-2-5-13(12)10-15/h3,6-11H,1-2,4-5H2. The maximum Gasteiger partial charge on any atom is 0.0412 e. The van der Waals surface area contributed by atoms with Gasteiger partial charge >= 0.3 is 0 Å². The van der Waals surface area contributed by atoms with E-state index in [1.165, 1.54) is 47.9 Å². The molecule has 0 saturated heterocycles. The number of benzene rings is 2. The molecule has 0 aromatic heterocycles. The third-order valence-corrected chi connectivity index (χ3v) is 3.74. The normalized spacial score (nSPS) is 14.4.